The van der Waals surface area contributed by atoms with Crippen LogP contribution >= 0.6 is 0 Å². The molecular formula is C25H32N2O2. The van der Waals surface area contributed by atoms with Gasteiger partial charge < -0.3 is 10.1 Å². The third-order valence-corrected chi connectivity index (χ3v) is 6.96. The zero-order chi connectivity index (χ0) is 20.8. The lowest BCUT2D eigenvalue weighted by Gasteiger charge is -2.46. The molecular weight excluding hydrogens is 360 g/mol. The van der Waals surface area contributed by atoms with Crippen LogP contribution in [0.3, 0.4) is 0 Å². The molecule has 0 amide bonds. The van der Waals surface area contributed by atoms with E-state index in [-0.39, 0.29) is 23.2 Å². The summed E-state index contributed by atoms with van der Waals surface area (Å²) in [6, 6.07) is 14.0. The van der Waals surface area contributed by atoms with Crippen LogP contribution in [0.2, 0.25) is 0 Å². The van der Waals surface area contributed by atoms with Gasteiger partial charge in [0, 0.05) is 23.5 Å². The third-order valence-electron chi connectivity index (χ3n) is 6.96. The molecule has 0 spiro atoms. The number of Topliss-reactive ketones (excluding diaryl/α,β-unsaturated/α-hetero) is 1. The van der Waals surface area contributed by atoms with Crippen molar-refractivity contribution in [2.45, 2.75) is 45.1 Å². The SMILES string of the molecule is COc1ccc(Nc2ccc3c(c2)C(C)(C)[C@@H](C)C(N(C)CC2CC2)C3=O)cc1. The second-order valence-corrected chi connectivity index (χ2v) is 9.32. The molecule has 4 rings (SSSR count). The van der Waals surface area contributed by atoms with Crippen LogP contribution in [0.15, 0.2) is 42.5 Å². The second-order valence-electron chi connectivity index (χ2n) is 9.32. The number of carbonyl (C=O) groups is 1. The monoisotopic (exact) mass is 392 g/mol. The fourth-order valence-electron chi connectivity index (χ4n) is 4.64. The van der Waals surface area contributed by atoms with Crippen LogP contribution < -0.4 is 10.1 Å². The highest BCUT2D eigenvalue weighted by Crippen LogP contribution is 2.44. The maximum Gasteiger partial charge on any atom is 0.180 e. The number of ketones is 1. The number of methoxy groups -OCH3 is 1. The molecule has 0 aromatic heterocycles. The van der Waals surface area contributed by atoms with E-state index in [1.54, 1.807) is 7.11 Å². The predicted molar refractivity (Wildman–Crippen MR) is 118 cm³/mol. The van der Waals surface area contributed by atoms with Crippen molar-refractivity contribution in [3.05, 3.63) is 53.6 Å². The lowest BCUT2D eigenvalue weighted by molar-refractivity contribution is 0.0650. The molecule has 1 fully saturated rings. The number of hydrogen-bond donors (Lipinski definition) is 1. The highest BCUT2D eigenvalue weighted by molar-refractivity contribution is 6.03. The van der Waals surface area contributed by atoms with Gasteiger partial charge in [-0.1, -0.05) is 20.8 Å². The number of carbonyl (C=O) groups excluding carboxylic acids is 1. The molecule has 0 aliphatic heterocycles. The van der Waals surface area contributed by atoms with Gasteiger partial charge in [0.15, 0.2) is 5.78 Å². The van der Waals surface area contributed by atoms with E-state index in [1.807, 2.05) is 36.4 Å². The number of ether oxygens (including phenoxy) is 1. The summed E-state index contributed by atoms with van der Waals surface area (Å²) < 4.78 is 5.23. The first kappa shape index (κ1) is 20.0. The summed E-state index contributed by atoms with van der Waals surface area (Å²) in [5.41, 5.74) is 3.95. The maximum absolute atomic E-state index is 13.4. The number of benzene rings is 2. The Balaban J connectivity index is 1.62. The lowest BCUT2D eigenvalue weighted by Crippen LogP contribution is -2.53. The van der Waals surface area contributed by atoms with Gasteiger partial charge in [0.1, 0.15) is 5.75 Å². The molecule has 4 nitrogen and oxygen atoms in total. The van der Waals surface area contributed by atoms with E-state index < -0.39 is 0 Å². The summed E-state index contributed by atoms with van der Waals surface area (Å²) in [6.45, 7) is 7.82. The Kier molecular flexibility index (Phi) is 5.16. The Labute approximate surface area is 174 Å². The topological polar surface area (TPSA) is 41.6 Å². The zero-order valence-corrected chi connectivity index (χ0v) is 18.2. The molecule has 0 saturated heterocycles. The van der Waals surface area contributed by atoms with Crippen molar-refractivity contribution < 1.29 is 9.53 Å². The van der Waals surface area contributed by atoms with Crippen LogP contribution in [0.4, 0.5) is 11.4 Å². The molecule has 1 saturated carbocycles. The minimum atomic E-state index is -0.0800. The Morgan fingerprint density at radius 3 is 2.38 bits per heavy atom. The van der Waals surface area contributed by atoms with Gasteiger partial charge in [0.25, 0.3) is 0 Å². The number of fused-ring (bicyclic) bond motifs is 1. The van der Waals surface area contributed by atoms with Crippen LogP contribution in [0.1, 0.15) is 49.5 Å². The Morgan fingerprint density at radius 2 is 1.76 bits per heavy atom. The number of nitrogens with one attached hydrogen (secondary N) is 1. The fraction of sp³-hybridized carbons (Fsp3) is 0.480. The van der Waals surface area contributed by atoms with E-state index in [0.717, 1.165) is 40.7 Å². The lowest BCUT2D eigenvalue weighted by atomic mass is 9.63. The second kappa shape index (κ2) is 7.49. The van der Waals surface area contributed by atoms with Crippen molar-refractivity contribution in [3.63, 3.8) is 0 Å². The molecule has 0 radical (unpaired) electrons. The molecule has 1 unspecified atom stereocenters. The number of nitrogens with zero attached hydrogens (tertiary/aromatic N) is 1. The Morgan fingerprint density at radius 1 is 1.10 bits per heavy atom. The van der Waals surface area contributed by atoms with Crippen molar-refractivity contribution in [3.8, 4) is 5.75 Å². The van der Waals surface area contributed by atoms with E-state index in [9.17, 15) is 4.79 Å². The quantitative estimate of drug-likeness (QED) is 0.728. The summed E-state index contributed by atoms with van der Waals surface area (Å²) in [5, 5.41) is 3.46. The van der Waals surface area contributed by atoms with Crippen LogP contribution in [-0.4, -0.2) is 37.4 Å². The molecule has 29 heavy (non-hydrogen) atoms. The highest BCUT2D eigenvalue weighted by Gasteiger charge is 2.46. The smallest absolute Gasteiger partial charge is 0.180 e. The minimum absolute atomic E-state index is 0.0431. The summed E-state index contributed by atoms with van der Waals surface area (Å²) in [5.74, 6) is 2.14. The van der Waals surface area contributed by atoms with Crippen molar-refractivity contribution in [1.29, 1.82) is 0 Å². The van der Waals surface area contributed by atoms with E-state index in [0.29, 0.717) is 0 Å². The normalized spacial score (nSPS) is 23.0. The average Bonchev–Trinajstić information content (AvgIpc) is 3.51. The van der Waals surface area contributed by atoms with E-state index in [4.69, 9.17) is 4.74 Å². The summed E-state index contributed by atoms with van der Waals surface area (Å²) in [6.07, 6.45) is 2.61. The van der Waals surface area contributed by atoms with Gasteiger partial charge >= 0.3 is 0 Å². The van der Waals surface area contributed by atoms with Crippen molar-refractivity contribution in [2.24, 2.45) is 11.8 Å². The Bertz CT molecular complexity index is 900. The summed E-state index contributed by atoms with van der Waals surface area (Å²) in [7, 11) is 3.79. The van der Waals surface area contributed by atoms with Gasteiger partial charge in [-0.25, -0.2) is 0 Å². The minimum Gasteiger partial charge on any atom is -0.497 e. The van der Waals surface area contributed by atoms with Crippen LogP contribution in [0, 0.1) is 11.8 Å². The van der Waals surface area contributed by atoms with Gasteiger partial charge in [0.2, 0.25) is 0 Å². The first-order valence-electron chi connectivity index (χ1n) is 10.6. The number of rotatable bonds is 6. The predicted octanol–water partition coefficient (Wildman–Crippen LogP) is 5.26. The van der Waals surface area contributed by atoms with Crippen LogP contribution in [0.25, 0.3) is 0 Å². The largest absolute Gasteiger partial charge is 0.497 e. The molecule has 2 aliphatic rings. The highest BCUT2D eigenvalue weighted by atomic mass is 16.5. The number of hydrogen-bond acceptors (Lipinski definition) is 4. The molecule has 1 N–H and O–H groups in total. The maximum atomic E-state index is 13.4. The first-order valence-corrected chi connectivity index (χ1v) is 10.6. The average molecular weight is 393 g/mol. The molecule has 4 heteroatoms. The van der Waals surface area contributed by atoms with Crippen LogP contribution in [-0.2, 0) is 5.41 Å². The zero-order valence-electron chi connectivity index (χ0n) is 18.2. The van der Waals surface area contributed by atoms with Gasteiger partial charge in [0.05, 0.1) is 13.2 Å². The molecule has 2 aliphatic carbocycles. The van der Waals surface area contributed by atoms with Crippen molar-refractivity contribution in [2.75, 3.05) is 26.0 Å². The standard InChI is InChI=1S/C25H32N2O2/c1-16-23(27(4)15-17-6-7-17)24(28)21-13-10-19(14-22(21)25(16,2)3)26-18-8-11-20(29-5)12-9-18/h8-14,16-17,23,26H,6-7,15H2,1-5H3/t16-,23?/m0/s1. The number of anilines is 2. The Hall–Kier alpha value is -2.33. The molecule has 154 valence electrons. The van der Waals surface area contributed by atoms with Gasteiger partial charge in [-0.05, 0) is 85.2 Å². The van der Waals surface area contributed by atoms with E-state index in [1.165, 1.54) is 12.8 Å². The van der Waals surface area contributed by atoms with Gasteiger partial charge in [-0.3, -0.25) is 9.69 Å². The summed E-state index contributed by atoms with van der Waals surface area (Å²) in [4.78, 5) is 15.7. The third kappa shape index (κ3) is 3.78. The van der Waals surface area contributed by atoms with E-state index in [2.05, 4.69) is 44.1 Å². The fourth-order valence-corrected chi connectivity index (χ4v) is 4.64. The number of likely N-dealkylation sites (N-methyl/N-ethyl adjacent to an activating group) is 1. The molecule has 2 aromatic rings. The van der Waals surface area contributed by atoms with Crippen molar-refractivity contribution in [1.82, 2.24) is 4.90 Å². The van der Waals surface area contributed by atoms with Crippen molar-refractivity contribution >= 4 is 17.2 Å². The molecule has 0 bridgehead atoms. The van der Waals surface area contributed by atoms with Crippen LogP contribution in [0.5, 0.6) is 5.75 Å². The van der Waals surface area contributed by atoms with E-state index >= 15 is 0 Å². The first-order chi connectivity index (χ1) is 13.8. The molecule has 2 aromatic carbocycles. The molecule has 0 heterocycles. The molecule has 2 atom stereocenters. The van der Waals surface area contributed by atoms with Gasteiger partial charge in [-0.15, -0.1) is 0 Å². The summed E-state index contributed by atoms with van der Waals surface area (Å²) >= 11 is 0. The van der Waals surface area contributed by atoms with Gasteiger partial charge in [-0.2, -0.15) is 0 Å².